The van der Waals surface area contributed by atoms with Gasteiger partial charge in [-0.05, 0) is 48.7 Å². The molecule has 0 bridgehead atoms. The molecule has 5 nitrogen and oxygen atoms in total. The molecule has 0 radical (unpaired) electrons. The first kappa shape index (κ1) is 21.1. The number of hydrogen-bond acceptors (Lipinski definition) is 3. The molecule has 0 spiro atoms. The number of benzene rings is 2. The molecule has 0 atom stereocenters. The number of halogens is 1. The number of aromatic nitrogens is 2. The third-order valence-electron chi connectivity index (χ3n) is 4.57. The third-order valence-corrected chi connectivity index (χ3v) is 4.82. The molecular weight excluding hydrogens is 386 g/mol. The highest BCUT2D eigenvalue weighted by molar-refractivity contribution is 6.30. The largest absolute Gasteiger partial charge is 0.381 e. The van der Waals surface area contributed by atoms with Gasteiger partial charge in [0.2, 0.25) is 0 Å². The van der Waals surface area contributed by atoms with Gasteiger partial charge in [0.05, 0.1) is 11.4 Å². The van der Waals surface area contributed by atoms with E-state index in [2.05, 4.69) is 22.4 Å². The summed E-state index contributed by atoms with van der Waals surface area (Å²) in [4.78, 5) is 12.3. The van der Waals surface area contributed by atoms with E-state index >= 15 is 0 Å². The molecule has 1 heterocycles. The van der Waals surface area contributed by atoms with Gasteiger partial charge >= 0.3 is 0 Å². The Hall–Kier alpha value is -2.63. The van der Waals surface area contributed by atoms with E-state index in [1.807, 2.05) is 54.6 Å². The Labute approximate surface area is 176 Å². The highest BCUT2D eigenvalue weighted by atomic mass is 35.5. The van der Waals surface area contributed by atoms with E-state index < -0.39 is 0 Å². The van der Waals surface area contributed by atoms with Crippen molar-refractivity contribution in [2.75, 3.05) is 19.8 Å². The second-order valence-corrected chi connectivity index (χ2v) is 7.26. The lowest BCUT2D eigenvalue weighted by molar-refractivity contribution is 0.0940. The topological polar surface area (TPSA) is 67.0 Å². The predicted octanol–water partition coefficient (Wildman–Crippen LogP) is 5.33. The Kier molecular flexibility index (Phi) is 7.85. The van der Waals surface area contributed by atoms with Crippen molar-refractivity contribution in [3.63, 3.8) is 0 Å². The van der Waals surface area contributed by atoms with E-state index in [0.717, 1.165) is 48.4 Å². The minimum atomic E-state index is -0.0750. The number of ether oxygens (including phenoxy) is 1. The van der Waals surface area contributed by atoms with Crippen LogP contribution in [0.25, 0.3) is 22.5 Å². The van der Waals surface area contributed by atoms with Gasteiger partial charge in [-0.2, -0.15) is 5.10 Å². The smallest absolute Gasteiger partial charge is 0.251 e. The van der Waals surface area contributed by atoms with Crippen molar-refractivity contribution in [1.29, 1.82) is 0 Å². The van der Waals surface area contributed by atoms with Gasteiger partial charge in [0.25, 0.3) is 5.91 Å². The summed E-state index contributed by atoms with van der Waals surface area (Å²) in [5.74, 6) is -0.0750. The maximum absolute atomic E-state index is 12.3. The van der Waals surface area contributed by atoms with Crippen molar-refractivity contribution in [3.8, 4) is 22.5 Å². The summed E-state index contributed by atoms with van der Waals surface area (Å²) in [6.45, 7) is 4.21. The predicted molar refractivity (Wildman–Crippen MR) is 117 cm³/mol. The number of H-pyrrole nitrogens is 1. The van der Waals surface area contributed by atoms with Crippen molar-refractivity contribution >= 4 is 17.5 Å². The summed E-state index contributed by atoms with van der Waals surface area (Å²) in [5, 5.41) is 11.1. The van der Waals surface area contributed by atoms with E-state index in [-0.39, 0.29) is 5.91 Å². The van der Waals surface area contributed by atoms with Crippen molar-refractivity contribution < 1.29 is 9.53 Å². The number of nitrogens with one attached hydrogen (secondary N) is 2. The SMILES string of the molecule is CCCCOCCCNC(=O)c1ccc(-c2cc(-c3ccc(Cl)cc3)[nH]n2)cc1. The Balaban J connectivity index is 1.52. The van der Waals surface area contributed by atoms with Crippen LogP contribution in [0.4, 0.5) is 0 Å². The van der Waals surface area contributed by atoms with Gasteiger partial charge in [-0.25, -0.2) is 0 Å². The van der Waals surface area contributed by atoms with Crippen LogP contribution in [0.2, 0.25) is 5.02 Å². The maximum Gasteiger partial charge on any atom is 0.251 e. The number of hydrogen-bond donors (Lipinski definition) is 2. The summed E-state index contributed by atoms with van der Waals surface area (Å²) < 4.78 is 5.50. The first-order valence-corrected chi connectivity index (χ1v) is 10.3. The Morgan fingerprint density at radius 2 is 1.72 bits per heavy atom. The first-order valence-electron chi connectivity index (χ1n) is 9.95. The number of rotatable bonds is 10. The normalized spacial score (nSPS) is 10.8. The van der Waals surface area contributed by atoms with Crippen molar-refractivity contribution in [2.45, 2.75) is 26.2 Å². The molecule has 0 aliphatic heterocycles. The van der Waals surface area contributed by atoms with Crippen molar-refractivity contribution in [3.05, 3.63) is 65.2 Å². The summed E-state index contributed by atoms with van der Waals surface area (Å²) in [7, 11) is 0. The third kappa shape index (κ3) is 6.17. The summed E-state index contributed by atoms with van der Waals surface area (Å²) in [5.41, 5.74) is 4.34. The summed E-state index contributed by atoms with van der Waals surface area (Å²) in [6.07, 6.45) is 3.03. The van der Waals surface area contributed by atoms with Crippen LogP contribution in [0.15, 0.2) is 54.6 Å². The van der Waals surface area contributed by atoms with Gasteiger partial charge in [0, 0.05) is 35.9 Å². The zero-order valence-corrected chi connectivity index (χ0v) is 17.3. The van der Waals surface area contributed by atoms with Gasteiger partial charge in [-0.3, -0.25) is 9.89 Å². The number of carbonyl (C=O) groups is 1. The second-order valence-electron chi connectivity index (χ2n) is 6.83. The second kappa shape index (κ2) is 10.8. The zero-order chi connectivity index (χ0) is 20.5. The molecule has 1 amide bonds. The van der Waals surface area contributed by atoms with E-state index in [9.17, 15) is 4.79 Å². The molecule has 29 heavy (non-hydrogen) atoms. The van der Waals surface area contributed by atoms with E-state index in [4.69, 9.17) is 16.3 Å². The monoisotopic (exact) mass is 411 g/mol. The minimum absolute atomic E-state index is 0.0750. The molecular formula is C23H26ClN3O2. The number of amides is 1. The van der Waals surface area contributed by atoms with Crippen LogP contribution < -0.4 is 5.32 Å². The molecule has 0 fully saturated rings. The van der Waals surface area contributed by atoms with Crippen LogP contribution in [0.5, 0.6) is 0 Å². The fourth-order valence-electron chi connectivity index (χ4n) is 2.87. The average molecular weight is 412 g/mol. The average Bonchev–Trinajstić information content (AvgIpc) is 3.24. The Bertz CT molecular complexity index is 905. The lowest BCUT2D eigenvalue weighted by Crippen LogP contribution is -2.25. The number of carbonyl (C=O) groups excluding carboxylic acids is 1. The molecule has 0 aliphatic rings. The lowest BCUT2D eigenvalue weighted by atomic mass is 10.1. The van der Waals surface area contributed by atoms with Crippen LogP contribution in [-0.4, -0.2) is 35.9 Å². The van der Waals surface area contributed by atoms with Gasteiger partial charge in [-0.1, -0.05) is 49.2 Å². The van der Waals surface area contributed by atoms with Crippen LogP contribution in [0.1, 0.15) is 36.5 Å². The highest BCUT2D eigenvalue weighted by Crippen LogP contribution is 2.25. The summed E-state index contributed by atoms with van der Waals surface area (Å²) in [6, 6.07) is 17.0. The summed E-state index contributed by atoms with van der Waals surface area (Å²) >= 11 is 5.94. The zero-order valence-electron chi connectivity index (χ0n) is 16.6. The molecule has 2 aromatic carbocycles. The Morgan fingerprint density at radius 1 is 1.03 bits per heavy atom. The molecule has 0 unspecified atom stereocenters. The number of unbranched alkanes of at least 4 members (excludes halogenated alkanes) is 1. The van der Waals surface area contributed by atoms with Gasteiger partial charge in [0.15, 0.2) is 0 Å². The van der Waals surface area contributed by atoms with Crippen LogP contribution in [0, 0.1) is 0 Å². The molecule has 6 heteroatoms. The molecule has 0 aliphatic carbocycles. The first-order chi connectivity index (χ1) is 14.2. The van der Waals surface area contributed by atoms with Gasteiger partial charge in [0.1, 0.15) is 0 Å². The molecule has 3 rings (SSSR count). The maximum atomic E-state index is 12.3. The molecule has 152 valence electrons. The van der Waals surface area contributed by atoms with Crippen molar-refractivity contribution in [1.82, 2.24) is 15.5 Å². The van der Waals surface area contributed by atoms with Gasteiger partial charge in [-0.15, -0.1) is 0 Å². The molecule has 3 aromatic rings. The van der Waals surface area contributed by atoms with Crippen LogP contribution in [-0.2, 0) is 4.74 Å². The molecule has 0 saturated carbocycles. The number of nitrogens with zero attached hydrogens (tertiary/aromatic N) is 1. The van der Waals surface area contributed by atoms with E-state index in [1.54, 1.807) is 0 Å². The van der Waals surface area contributed by atoms with Crippen molar-refractivity contribution in [2.24, 2.45) is 0 Å². The number of aromatic amines is 1. The van der Waals surface area contributed by atoms with Crippen LogP contribution >= 0.6 is 11.6 Å². The molecule has 1 aromatic heterocycles. The highest BCUT2D eigenvalue weighted by Gasteiger charge is 2.08. The molecule has 2 N–H and O–H groups in total. The fourth-order valence-corrected chi connectivity index (χ4v) is 2.99. The van der Waals surface area contributed by atoms with E-state index in [0.29, 0.717) is 23.7 Å². The quantitative estimate of drug-likeness (QED) is 0.443. The molecule has 0 saturated heterocycles. The fraction of sp³-hybridized carbons (Fsp3) is 0.304. The standard InChI is InChI=1S/C23H26ClN3O2/c1-2-3-14-29-15-4-13-25-23(28)19-7-5-17(6-8-19)21-16-22(27-26-21)18-9-11-20(24)12-10-18/h5-12,16H,2-4,13-15H2,1H3,(H,25,28)(H,26,27). The Morgan fingerprint density at radius 3 is 2.45 bits per heavy atom. The van der Waals surface area contributed by atoms with E-state index in [1.165, 1.54) is 0 Å². The lowest BCUT2D eigenvalue weighted by Gasteiger charge is -2.06. The van der Waals surface area contributed by atoms with Crippen LogP contribution in [0.3, 0.4) is 0 Å². The minimum Gasteiger partial charge on any atom is -0.381 e. The van der Waals surface area contributed by atoms with Gasteiger partial charge < -0.3 is 10.1 Å².